The molecule has 0 spiro atoms. The maximum atomic E-state index is 13.0. The summed E-state index contributed by atoms with van der Waals surface area (Å²) in [5.41, 5.74) is 0.419. The first kappa shape index (κ1) is 17.8. The number of aromatic carboxylic acids is 1. The van der Waals surface area contributed by atoms with E-state index in [-0.39, 0.29) is 28.5 Å². The minimum atomic E-state index is -1.13. The molecule has 0 saturated heterocycles. The number of rotatable bonds is 6. The van der Waals surface area contributed by atoms with Gasteiger partial charge in [0.15, 0.2) is 6.23 Å². The Hall–Kier alpha value is -2.54. The van der Waals surface area contributed by atoms with E-state index in [1.54, 1.807) is 6.92 Å². The van der Waals surface area contributed by atoms with Crippen molar-refractivity contribution >= 4 is 29.2 Å². The SMILES string of the molecule is Cc1oc(CC(=O)OC(C)Nc2ccc(F)cc2Cl)cc1C(=O)O. The lowest BCUT2D eigenvalue weighted by Gasteiger charge is -2.16. The van der Waals surface area contributed by atoms with Gasteiger partial charge >= 0.3 is 11.9 Å². The molecule has 1 unspecified atom stereocenters. The van der Waals surface area contributed by atoms with Gasteiger partial charge in [-0.05, 0) is 38.1 Å². The molecule has 0 aliphatic heterocycles. The summed E-state index contributed by atoms with van der Waals surface area (Å²) in [7, 11) is 0. The minimum Gasteiger partial charge on any atom is -0.478 e. The maximum absolute atomic E-state index is 13.0. The molecule has 0 aliphatic carbocycles. The molecular formula is C16H15ClFNO5. The number of carboxylic acids is 1. The normalized spacial score (nSPS) is 11.8. The zero-order valence-electron chi connectivity index (χ0n) is 12.9. The minimum absolute atomic E-state index is 0.00191. The number of carbonyl (C=O) groups excluding carboxylic acids is 1. The average Bonchev–Trinajstić information content (AvgIpc) is 2.82. The first-order valence-electron chi connectivity index (χ1n) is 7.00. The number of ether oxygens (including phenoxy) is 1. The van der Waals surface area contributed by atoms with Crippen LogP contribution in [-0.4, -0.2) is 23.3 Å². The van der Waals surface area contributed by atoms with Crippen LogP contribution >= 0.6 is 11.6 Å². The number of esters is 1. The second kappa shape index (κ2) is 7.35. The Balaban J connectivity index is 1.94. The van der Waals surface area contributed by atoms with Gasteiger partial charge in [-0.2, -0.15) is 0 Å². The van der Waals surface area contributed by atoms with Crippen molar-refractivity contribution in [2.24, 2.45) is 0 Å². The van der Waals surface area contributed by atoms with Crippen LogP contribution in [0, 0.1) is 12.7 Å². The van der Waals surface area contributed by atoms with E-state index in [1.165, 1.54) is 25.1 Å². The van der Waals surface area contributed by atoms with E-state index in [9.17, 15) is 14.0 Å². The van der Waals surface area contributed by atoms with Crippen LogP contribution in [0.4, 0.5) is 10.1 Å². The molecule has 0 radical (unpaired) electrons. The molecule has 1 aromatic heterocycles. The first-order valence-corrected chi connectivity index (χ1v) is 7.37. The van der Waals surface area contributed by atoms with Gasteiger partial charge in [-0.3, -0.25) is 4.79 Å². The van der Waals surface area contributed by atoms with Crippen molar-refractivity contribution in [3.8, 4) is 0 Å². The van der Waals surface area contributed by atoms with Gasteiger partial charge in [0.1, 0.15) is 29.3 Å². The second-order valence-corrected chi connectivity index (χ2v) is 5.47. The fourth-order valence-electron chi connectivity index (χ4n) is 2.08. The number of hydrogen-bond donors (Lipinski definition) is 2. The molecule has 0 bridgehead atoms. The molecular weight excluding hydrogens is 341 g/mol. The quantitative estimate of drug-likeness (QED) is 0.607. The number of furan rings is 1. The van der Waals surface area contributed by atoms with Crippen molar-refractivity contribution in [2.75, 3.05) is 5.32 Å². The summed E-state index contributed by atoms with van der Waals surface area (Å²) in [4.78, 5) is 22.8. The van der Waals surface area contributed by atoms with E-state index >= 15 is 0 Å². The number of benzene rings is 1. The van der Waals surface area contributed by atoms with Crippen LogP contribution in [0.3, 0.4) is 0 Å². The summed E-state index contributed by atoms with van der Waals surface area (Å²) >= 11 is 5.88. The fraction of sp³-hybridized carbons (Fsp3) is 0.250. The second-order valence-electron chi connectivity index (χ2n) is 5.07. The van der Waals surface area contributed by atoms with Gasteiger partial charge in [0, 0.05) is 0 Å². The van der Waals surface area contributed by atoms with E-state index in [0.717, 1.165) is 6.07 Å². The summed E-state index contributed by atoms with van der Waals surface area (Å²) in [5, 5.41) is 11.9. The number of aryl methyl sites for hydroxylation is 1. The van der Waals surface area contributed by atoms with Crippen LogP contribution in [0.2, 0.25) is 5.02 Å². The van der Waals surface area contributed by atoms with Gasteiger partial charge in [0.05, 0.1) is 10.7 Å². The van der Waals surface area contributed by atoms with Crippen molar-refractivity contribution in [3.05, 3.63) is 52.2 Å². The van der Waals surface area contributed by atoms with E-state index in [2.05, 4.69) is 5.32 Å². The lowest BCUT2D eigenvalue weighted by molar-refractivity contribution is -0.146. The summed E-state index contributed by atoms with van der Waals surface area (Å²) < 4.78 is 23.3. The molecule has 1 heterocycles. The van der Waals surface area contributed by atoms with Gasteiger partial charge < -0.3 is 19.6 Å². The molecule has 2 aromatic rings. The first-order chi connectivity index (χ1) is 11.3. The Morgan fingerprint density at radius 2 is 2.12 bits per heavy atom. The number of carbonyl (C=O) groups is 2. The molecule has 2 N–H and O–H groups in total. The van der Waals surface area contributed by atoms with Crippen LogP contribution in [0.25, 0.3) is 0 Å². The number of nitrogens with one attached hydrogen (secondary N) is 1. The van der Waals surface area contributed by atoms with E-state index < -0.39 is 24.0 Å². The van der Waals surface area contributed by atoms with Crippen LogP contribution < -0.4 is 5.32 Å². The lowest BCUT2D eigenvalue weighted by atomic mass is 10.2. The Bertz CT molecular complexity index is 774. The highest BCUT2D eigenvalue weighted by molar-refractivity contribution is 6.33. The van der Waals surface area contributed by atoms with Gasteiger partial charge in [-0.15, -0.1) is 0 Å². The van der Waals surface area contributed by atoms with Crippen molar-refractivity contribution in [2.45, 2.75) is 26.5 Å². The zero-order chi connectivity index (χ0) is 17.9. The van der Waals surface area contributed by atoms with Crippen LogP contribution in [-0.2, 0) is 16.0 Å². The predicted octanol–water partition coefficient (Wildman–Crippen LogP) is 3.62. The van der Waals surface area contributed by atoms with Crippen molar-refractivity contribution in [1.29, 1.82) is 0 Å². The van der Waals surface area contributed by atoms with Gasteiger partial charge in [-0.1, -0.05) is 11.6 Å². The van der Waals surface area contributed by atoms with Gasteiger partial charge in [0.25, 0.3) is 0 Å². The number of halogens is 2. The molecule has 24 heavy (non-hydrogen) atoms. The predicted molar refractivity (Wildman–Crippen MR) is 84.7 cm³/mol. The number of hydrogen-bond acceptors (Lipinski definition) is 5. The zero-order valence-corrected chi connectivity index (χ0v) is 13.7. The standard InChI is InChI=1S/C16H15ClFNO5/c1-8-12(16(21)22)6-11(23-8)7-15(20)24-9(2)19-14-4-3-10(18)5-13(14)17/h3-6,9,19H,7H2,1-2H3,(H,21,22). The molecule has 1 aromatic carbocycles. The van der Waals surface area contributed by atoms with E-state index in [4.69, 9.17) is 25.9 Å². The highest BCUT2D eigenvalue weighted by atomic mass is 35.5. The van der Waals surface area contributed by atoms with Crippen molar-refractivity contribution < 1.29 is 28.2 Å². The Morgan fingerprint density at radius 1 is 1.42 bits per heavy atom. The van der Waals surface area contributed by atoms with Crippen molar-refractivity contribution in [1.82, 2.24) is 0 Å². The molecule has 0 aliphatic rings. The molecule has 128 valence electrons. The fourth-order valence-corrected chi connectivity index (χ4v) is 2.30. The third kappa shape index (κ3) is 4.48. The van der Waals surface area contributed by atoms with Gasteiger partial charge in [-0.25, -0.2) is 9.18 Å². The summed E-state index contributed by atoms with van der Waals surface area (Å²) in [6.07, 6.45) is -0.937. The Kier molecular flexibility index (Phi) is 5.46. The average molecular weight is 356 g/mol. The highest BCUT2D eigenvalue weighted by Gasteiger charge is 2.18. The summed E-state index contributed by atoms with van der Waals surface area (Å²) in [5.74, 6) is -1.80. The van der Waals surface area contributed by atoms with Crippen LogP contribution in [0.1, 0.15) is 28.8 Å². The molecule has 0 amide bonds. The topological polar surface area (TPSA) is 88.8 Å². The van der Waals surface area contributed by atoms with Crippen LogP contribution in [0.15, 0.2) is 28.7 Å². The number of anilines is 1. The molecule has 1 atom stereocenters. The lowest BCUT2D eigenvalue weighted by Crippen LogP contribution is -2.24. The molecule has 0 saturated carbocycles. The monoisotopic (exact) mass is 355 g/mol. The molecule has 2 rings (SSSR count). The van der Waals surface area contributed by atoms with E-state index in [1.807, 2.05) is 0 Å². The smallest absolute Gasteiger partial charge is 0.339 e. The largest absolute Gasteiger partial charge is 0.478 e. The van der Waals surface area contributed by atoms with E-state index in [0.29, 0.717) is 5.69 Å². The van der Waals surface area contributed by atoms with Crippen molar-refractivity contribution in [3.63, 3.8) is 0 Å². The van der Waals surface area contributed by atoms with Crippen LogP contribution in [0.5, 0.6) is 0 Å². The number of carboxylic acid groups (broad SMARTS) is 1. The third-order valence-electron chi connectivity index (χ3n) is 3.12. The molecule has 0 fully saturated rings. The Morgan fingerprint density at radius 3 is 2.71 bits per heavy atom. The maximum Gasteiger partial charge on any atom is 0.339 e. The Labute approximate surface area is 142 Å². The molecule has 6 nitrogen and oxygen atoms in total. The molecule has 8 heteroatoms. The van der Waals surface area contributed by atoms with Gasteiger partial charge in [0.2, 0.25) is 0 Å². The third-order valence-corrected chi connectivity index (χ3v) is 3.43. The highest BCUT2D eigenvalue weighted by Crippen LogP contribution is 2.23. The summed E-state index contributed by atoms with van der Waals surface area (Å²) in [6, 6.07) is 5.07. The summed E-state index contributed by atoms with van der Waals surface area (Å²) in [6.45, 7) is 3.08.